The van der Waals surface area contributed by atoms with Crippen molar-refractivity contribution in [2.24, 2.45) is 0 Å². The second kappa shape index (κ2) is 12.8. The number of fused-ring (bicyclic) bond motifs is 1. The zero-order valence-corrected chi connectivity index (χ0v) is 21.4. The second-order valence-electron chi connectivity index (χ2n) is 8.41. The number of hydrogen-bond acceptors (Lipinski definition) is 7. The molecule has 0 aliphatic heterocycles. The minimum absolute atomic E-state index is 0.0428. The Balaban J connectivity index is 2.20. The van der Waals surface area contributed by atoms with Crippen molar-refractivity contribution in [2.45, 2.75) is 58.8 Å². The summed E-state index contributed by atoms with van der Waals surface area (Å²) in [7, 11) is -4.08. The maximum Gasteiger partial charge on any atom is 0.530 e. The summed E-state index contributed by atoms with van der Waals surface area (Å²) >= 11 is 0. The lowest BCUT2D eigenvalue weighted by atomic mass is 9.87. The topological polar surface area (TPSA) is 92.0 Å². The molecule has 1 heterocycles. The number of phosphoric ester groups is 1. The molecule has 0 aliphatic carbocycles. The minimum atomic E-state index is -4.08. The molecule has 7 nitrogen and oxygen atoms in total. The van der Waals surface area contributed by atoms with Crippen molar-refractivity contribution in [2.75, 3.05) is 13.2 Å². The quantitative estimate of drug-likeness (QED) is 0.133. The summed E-state index contributed by atoms with van der Waals surface area (Å²) in [6.45, 7) is 5.82. The van der Waals surface area contributed by atoms with Gasteiger partial charge in [-0.3, -0.25) is 13.8 Å². The van der Waals surface area contributed by atoms with Gasteiger partial charge in [0.05, 0.1) is 24.2 Å². The van der Waals surface area contributed by atoms with Crippen LogP contribution in [0.1, 0.15) is 69.9 Å². The van der Waals surface area contributed by atoms with Crippen molar-refractivity contribution in [1.82, 2.24) is 0 Å². The Morgan fingerprint density at radius 1 is 0.943 bits per heavy atom. The predicted molar refractivity (Wildman–Crippen MR) is 136 cm³/mol. The van der Waals surface area contributed by atoms with Crippen LogP contribution in [0.25, 0.3) is 11.0 Å². The Morgan fingerprint density at radius 3 is 2.14 bits per heavy atom. The first-order valence-corrected chi connectivity index (χ1v) is 13.5. The molecule has 1 atom stereocenters. The number of hydrogen-bond donors (Lipinski definition) is 0. The van der Waals surface area contributed by atoms with Gasteiger partial charge < -0.3 is 8.94 Å². The van der Waals surface area contributed by atoms with Gasteiger partial charge >= 0.3 is 13.4 Å². The van der Waals surface area contributed by atoms with Gasteiger partial charge in [0.15, 0.2) is 5.75 Å². The Labute approximate surface area is 206 Å². The van der Waals surface area contributed by atoms with Crippen LogP contribution in [0.2, 0.25) is 0 Å². The van der Waals surface area contributed by atoms with Crippen LogP contribution in [-0.2, 0) is 18.4 Å². The van der Waals surface area contributed by atoms with Crippen LogP contribution in [0.15, 0.2) is 63.8 Å². The monoisotopic (exact) mass is 500 g/mol. The summed E-state index contributed by atoms with van der Waals surface area (Å²) < 4.78 is 36.7. The Kier molecular flexibility index (Phi) is 9.84. The van der Waals surface area contributed by atoms with E-state index >= 15 is 0 Å². The third-order valence-electron chi connectivity index (χ3n) is 5.54. The molecule has 0 N–H and O–H groups in total. The third kappa shape index (κ3) is 7.14. The predicted octanol–water partition coefficient (Wildman–Crippen LogP) is 7.02. The fourth-order valence-corrected chi connectivity index (χ4v) is 5.04. The van der Waals surface area contributed by atoms with E-state index in [0.29, 0.717) is 18.2 Å². The lowest BCUT2D eigenvalue weighted by Gasteiger charge is -2.23. The van der Waals surface area contributed by atoms with E-state index in [1.807, 2.05) is 44.2 Å². The molecule has 0 aliphatic rings. The first-order valence-electron chi connectivity index (χ1n) is 12.1. The number of benzene rings is 2. The summed E-state index contributed by atoms with van der Waals surface area (Å²) in [6.07, 6.45) is 3.07. The molecule has 1 aromatic heterocycles. The van der Waals surface area contributed by atoms with Crippen molar-refractivity contribution < 1.29 is 27.3 Å². The van der Waals surface area contributed by atoms with Gasteiger partial charge in [0.2, 0.25) is 0 Å². The highest BCUT2D eigenvalue weighted by Gasteiger charge is 2.34. The van der Waals surface area contributed by atoms with Crippen LogP contribution < -0.4 is 10.1 Å². The van der Waals surface area contributed by atoms with E-state index in [9.17, 15) is 14.2 Å². The van der Waals surface area contributed by atoms with Gasteiger partial charge in [0.25, 0.3) is 0 Å². The molecular formula is C27H33O7P. The molecule has 0 saturated heterocycles. The number of Topliss-reactive ketones (excluding diaryl/α,β-unsaturated/α-hetero) is 1. The molecule has 0 spiro atoms. The van der Waals surface area contributed by atoms with E-state index in [1.165, 1.54) is 6.92 Å². The molecule has 3 rings (SSSR count). The molecule has 188 valence electrons. The number of ketones is 1. The Hall–Kier alpha value is -2.73. The molecule has 35 heavy (non-hydrogen) atoms. The van der Waals surface area contributed by atoms with Crippen molar-refractivity contribution in [3.05, 3.63) is 76.1 Å². The first kappa shape index (κ1) is 26.9. The summed E-state index contributed by atoms with van der Waals surface area (Å²) in [6, 6.07) is 16.0. The first-order chi connectivity index (χ1) is 16.9. The molecule has 8 heteroatoms. The van der Waals surface area contributed by atoms with Crippen molar-refractivity contribution >= 4 is 24.6 Å². The van der Waals surface area contributed by atoms with Gasteiger partial charge in [0.1, 0.15) is 11.4 Å². The second-order valence-corrected chi connectivity index (χ2v) is 10.0. The Morgan fingerprint density at radius 2 is 1.54 bits per heavy atom. The smallest absolute Gasteiger partial charge is 0.422 e. The van der Waals surface area contributed by atoms with E-state index in [1.54, 1.807) is 24.3 Å². The number of para-hydroxylation sites is 1. The highest BCUT2D eigenvalue weighted by atomic mass is 31.2. The maximum absolute atomic E-state index is 13.8. The van der Waals surface area contributed by atoms with E-state index in [0.717, 1.165) is 18.4 Å². The average Bonchev–Trinajstić information content (AvgIpc) is 2.84. The van der Waals surface area contributed by atoms with Crippen molar-refractivity contribution in [1.29, 1.82) is 0 Å². The van der Waals surface area contributed by atoms with Gasteiger partial charge in [-0.2, -0.15) is 0 Å². The van der Waals surface area contributed by atoms with E-state index in [-0.39, 0.29) is 42.3 Å². The molecule has 0 amide bonds. The molecule has 0 bridgehead atoms. The number of carbonyl (C=O) groups is 1. The normalized spacial score (nSPS) is 12.5. The fourth-order valence-electron chi connectivity index (χ4n) is 3.74. The van der Waals surface area contributed by atoms with Crippen LogP contribution in [0.5, 0.6) is 5.75 Å². The van der Waals surface area contributed by atoms with Gasteiger partial charge in [-0.15, -0.1) is 0 Å². The zero-order valence-electron chi connectivity index (χ0n) is 20.5. The lowest BCUT2D eigenvalue weighted by molar-refractivity contribution is -0.117. The van der Waals surface area contributed by atoms with Crippen LogP contribution in [0, 0.1) is 0 Å². The number of unbranched alkanes of at least 4 members (excludes halogenated alkanes) is 2. The van der Waals surface area contributed by atoms with Crippen LogP contribution >= 0.6 is 7.82 Å². The molecule has 0 saturated carbocycles. The molecule has 2 aromatic carbocycles. The minimum Gasteiger partial charge on any atom is -0.422 e. The number of phosphoric acid groups is 1. The summed E-state index contributed by atoms with van der Waals surface area (Å²) in [5.74, 6) is -0.716. The van der Waals surface area contributed by atoms with Crippen LogP contribution in [0.3, 0.4) is 0 Å². The Bertz CT molecular complexity index is 1210. The molecule has 0 fully saturated rings. The van der Waals surface area contributed by atoms with Gasteiger partial charge in [-0.25, -0.2) is 9.36 Å². The lowest BCUT2D eigenvalue weighted by Crippen LogP contribution is -2.19. The zero-order chi connectivity index (χ0) is 25.3. The average molecular weight is 501 g/mol. The fraction of sp³-hybridized carbons (Fsp3) is 0.407. The number of rotatable bonds is 14. The van der Waals surface area contributed by atoms with Gasteiger partial charge in [-0.05, 0) is 37.5 Å². The molecule has 0 radical (unpaired) electrons. The van der Waals surface area contributed by atoms with E-state index in [4.69, 9.17) is 18.0 Å². The molecule has 1 unspecified atom stereocenters. The van der Waals surface area contributed by atoms with Crippen molar-refractivity contribution in [3.8, 4) is 5.75 Å². The van der Waals surface area contributed by atoms with E-state index < -0.39 is 19.4 Å². The molecule has 3 aromatic rings. The third-order valence-corrected chi connectivity index (χ3v) is 6.94. The van der Waals surface area contributed by atoms with Gasteiger partial charge in [0, 0.05) is 12.3 Å². The van der Waals surface area contributed by atoms with Crippen LogP contribution in [0.4, 0.5) is 0 Å². The van der Waals surface area contributed by atoms with Crippen LogP contribution in [-0.4, -0.2) is 19.0 Å². The maximum atomic E-state index is 13.8. The van der Waals surface area contributed by atoms with Crippen molar-refractivity contribution in [3.63, 3.8) is 0 Å². The summed E-state index contributed by atoms with van der Waals surface area (Å²) in [4.78, 5) is 25.6. The highest BCUT2D eigenvalue weighted by molar-refractivity contribution is 7.49. The largest absolute Gasteiger partial charge is 0.530 e. The SMILES string of the molecule is CCCCOP(=O)(OCCCC)Oc1c(C(CC(C)=O)c2ccccc2)c(=O)oc2ccccc12. The summed E-state index contributed by atoms with van der Waals surface area (Å²) in [5, 5.41) is 0.449. The summed E-state index contributed by atoms with van der Waals surface area (Å²) in [5.41, 5.74) is 0.467. The van der Waals surface area contributed by atoms with Gasteiger partial charge in [-0.1, -0.05) is 69.2 Å². The standard InChI is InChI=1S/C27H33O7P/c1-4-6-17-31-35(30,32-18-7-5-2)34-26-22-15-11-12-16-24(22)33-27(29)25(26)23(19-20(3)28)21-13-9-8-10-14-21/h8-16,23H,4-7,17-19H2,1-3H3. The highest BCUT2D eigenvalue weighted by Crippen LogP contribution is 2.53. The van der Waals surface area contributed by atoms with E-state index in [2.05, 4.69) is 0 Å². The molecular weight excluding hydrogens is 467 g/mol. The number of carbonyl (C=O) groups excluding carboxylic acids is 1.